The van der Waals surface area contributed by atoms with Crippen LogP contribution in [0.25, 0.3) is 0 Å². The van der Waals surface area contributed by atoms with Crippen molar-refractivity contribution < 1.29 is 19.1 Å². The number of carbonyl (C=O) groups is 3. The van der Waals surface area contributed by atoms with Crippen molar-refractivity contribution in [1.82, 2.24) is 0 Å². The molecular formula is C20H21NO4S. The van der Waals surface area contributed by atoms with E-state index in [4.69, 9.17) is 4.74 Å². The highest BCUT2D eigenvalue weighted by molar-refractivity contribution is 7.14. The van der Waals surface area contributed by atoms with Crippen LogP contribution in [0.1, 0.15) is 50.7 Å². The van der Waals surface area contributed by atoms with Gasteiger partial charge in [-0.05, 0) is 61.1 Å². The SMILES string of the molecule is CC(=O)Nc1ccc(C(=O)COC(=O)c2cc3c(s2)CC[C@H](C)C3)cc1. The molecule has 0 bridgehead atoms. The number of amides is 1. The van der Waals surface area contributed by atoms with Gasteiger partial charge in [0.05, 0.1) is 0 Å². The highest BCUT2D eigenvalue weighted by atomic mass is 32.1. The second kappa shape index (κ2) is 7.83. The van der Waals surface area contributed by atoms with Crippen LogP contribution < -0.4 is 5.32 Å². The van der Waals surface area contributed by atoms with Crippen molar-refractivity contribution in [2.24, 2.45) is 5.92 Å². The Morgan fingerprint density at radius 1 is 1.23 bits per heavy atom. The van der Waals surface area contributed by atoms with Gasteiger partial charge in [0.2, 0.25) is 5.91 Å². The van der Waals surface area contributed by atoms with Crippen molar-refractivity contribution in [2.75, 3.05) is 11.9 Å². The average Bonchev–Trinajstić information content (AvgIpc) is 3.02. The van der Waals surface area contributed by atoms with E-state index in [1.54, 1.807) is 24.3 Å². The number of thiophene rings is 1. The number of fused-ring (bicyclic) bond motifs is 1. The first-order chi connectivity index (χ1) is 12.4. The zero-order chi connectivity index (χ0) is 18.7. The maximum absolute atomic E-state index is 12.2. The monoisotopic (exact) mass is 371 g/mol. The first-order valence-electron chi connectivity index (χ1n) is 8.62. The van der Waals surface area contributed by atoms with Crippen molar-refractivity contribution in [3.05, 3.63) is 51.2 Å². The molecule has 26 heavy (non-hydrogen) atoms. The number of hydrogen-bond donors (Lipinski definition) is 1. The Labute approximate surface area is 156 Å². The van der Waals surface area contributed by atoms with E-state index < -0.39 is 5.97 Å². The molecule has 5 nitrogen and oxygen atoms in total. The summed E-state index contributed by atoms with van der Waals surface area (Å²) in [7, 11) is 0. The lowest BCUT2D eigenvalue weighted by Crippen LogP contribution is -2.13. The number of benzene rings is 1. The summed E-state index contributed by atoms with van der Waals surface area (Å²) < 4.78 is 5.20. The number of Topliss-reactive ketones (excluding diaryl/α,β-unsaturated/α-hetero) is 1. The molecule has 1 heterocycles. The molecule has 136 valence electrons. The Balaban J connectivity index is 1.57. The van der Waals surface area contributed by atoms with Crippen LogP contribution in [0.2, 0.25) is 0 Å². The first-order valence-corrected chi connectivity index (χ1v) is 9.43. The standard InChI is InChI=1S/C20H21NO4S/c1-12-3-8-18-15(9-12)10-19(26-18)20(24)25-11-17(23)14-4-6-16(7-5-14)21-13(2)22/h4-7,10,12H,3,8-9,11H2,1-2H3,(H,21,22)/t12-/m0/s1. The van der Waals surface area contributed by atoms with E-state index in [1.807, 2.05) is 6.07 Å². The van der Waals surface area contributed by atoms with E-state index in [9.17, 15) is 14.4 Å². The van der Waals surface area contributed by atoms with Crippen LogP contribution >= 0.6 is 11.3 Å². The number of rotatable bonds is 5. The predicted molar refractivity (Wildman–Crippen MR) is 101 cm³/mol. The van der Waals surface area contributed by atoms with Crippen molar-refractivity contribution in [2.45, 2.75) is 33.1 Å². The largest absolute Gasteiger partial charge is 0.453 e. The predicted octanol–water partition coefficient (Wildman–Crippen LogP) is 3.87. The van der Waals surface area contributed by atoms with E-state index in [0.717, 1.165) is 19.3 Å². The molecule has 0 saturated heterocycles. The molecule has 1 aliphatic rings. The summed E-state index contributed by atoms with van der Waals surface area (Å²) in [5, 5.41) is 2.64. The number of ether oxygens (including phenoxy) is 1. The number of ketones is 1. The Morgan fingerprint density at radius 2 is 1.96 bits per heavy atom. The van der Waals surface area contributed by atoms with Gasteiger partial charge >= 0.3 is 5.97 Å². The second-order valence-electron chi connectivity index (χ2n) is 6.66. The molecule has 2 aromatic rings. The van der Waals surface area contributed by atoms with Gasteiger partial charge in [0.15, 0.2) is 12.4 Å². The maximum Gasteiger partial charge on any atom is 0.348 e. The fourth-order valence-electron chi connectivity index (χ4n) is 3.03. The lowest BCUT2D eigenvalue weighted by molar-refractivity contribution is -0.114. The van der Waals surface area contributed by atoms with Crippen molar-refractivity contribution >= 4 is 34.7 Å². The molecule has 0 unspecified atom stereocenters. The van der Waals surface area contributed by atoms with Gasteiger partial charge < -0.3 is 10.1 Å². The molecule has 1 atom stereocenters. The van der Waals surface area contributed by atoms with Gasteiger partial charge in [-0.15, -0.1) is 11.3 Å². The molecule has 1 amide bonds. The molecule has 0 aliphatic heterocycles. The third-order valence-corrected chi connectivity index (χ3v) is 5.61. The molecular weight excluding hydrogens is 350 g/mol. The van der Waals surface area contributed by atoms with Gasteiger partial charge in [-0.1, -0.05) is 6.92 Å². The zero-order valence-electron chi connectivity index (χ0n) is 14.8. The molecule has 0 fully saturated rings. The third-order valence-electron chi connectivity index (χ3n) is 4.39. The minimum atomic E-state index is -0.444. The van der Waals surface area contributed by atoms with E-state index in [-0.39, 0.29) is 18.3 Å². The number of esters is 1. The van der Waals surface area contributed by atoms with E-state index in [2.05, 4.69) is 12.2 Å². The fraction of sp³-hybridized carbons (Fsp3) is 0.350. The summed E-state index contributed by atoms with van der Waals surface area (Å²) in [6.07, 6.45) is 3.15. The van der Waals surface area contributed by atoms with Gasteiger partial charge in [0.25, 0.3) is 0 Å². The van der Waals surface area contributed by atoms with Crippen molar-refractivity contribution in [3.8, 4) is 0 Å². The number of hydrogen-bond acceptors (Lipinski definition) is 5. The molecule has 0 radical (unpaired) electrons. The fourth-order valence-corrected chi connectivity index (χ4v) is 4.14. The molecule has 1 aliphatic carbocycles. The quantitative estimate of drug-likeness (QED) is 0.640. The number of aryl methyl sites for hydroxylation is 1. The van der Waals surface area contributed by atoms with Crippen LogP contribution in [0.4, 0.5) is 5.69 Å². The summed E-state index contributed by atoms with van der Waals surface area (Å²) in [5.74, 6) is -0.253. The molecule has 1 aromatic carbocycles. The molecule has 1 N–H and O–H groups in total. The molecule has 0 spiro atoms. The van der Waals surface area contributed by atoms with Gasteiger partial charge in [-0.25, -0.2) is 4.79 Å². The molecule has 3 rings (SSSR count). The van der Waals surface area contributed by atoms with Crippen LogP contribution in [0.3, 0.4) is 0 Å². The number of anilines is 1. The Hall–Kier alpha value is -2.47. The summed E-state index contributed by atoms with van der Waals surface area (Å²) in [4.78, 5) is 37.3. The van der Waals surface area contributed by atoms with Crippen molar-refractivity contribution in [3.63, 3.8) is 0 Å². The minimum absolute atomic E-state index is 0.175. The van der Waals surface area contributed by atoms with Crippen LogP contribution in [-0.4, -0.2) is 24.3 Å². The Kier molecular flexibility index (Phi) is 5.52. The molecule has 0 saturated carbocycles. The zero-order valence-corrected chi connectivity index (χ0v) is 15.7. The highest BCUT2D eigenvalue weighted by Gasteiger charge is 2.22. The number of carbonyl (C=O) groups excluding carboxylic acids is 3. The van der Waals surface area contributed by atoms with Crippen LogP contribution in [0, 0.1) is 5.92 Å². The van der Waals surface area contributed by atoms with E-state index in [1.165, 1.54) is 28.7 Å². The summed E-state index contributed by atoms with van der Waals surface area (Å²) in [5.41, 5.74) is 2.29. The Morgan fingerprint density at radius 3 is 2.65 bits per heavy atom. The van der Waals surface area contributed by atoms with Gasteiger partial charge in [-0.2, -0.15) is 0 Å². The minimum Gasteiger partial charge on any atom is -0.453 e. The van der Waals surface area contributed by atoms with Crippen LogP contribution in [-0.2, 0) is 22.4 Å². The molecule has 1 aromatic heterocycles. The first kappa shape index (κ1) is 18.3. The van der Waals surface area contributed by atoms with Gasteiger partial charge in [-0.3, -0.25) is 9.59 Å². The summed E-state index contributed by atoms with van der Waals surface area (Å²) >= 11 is 1.47. The smallest absolute Gasteiger partial charge is 0.348 e. The third kappa shape index (κ3) is 4.38. The topological polar surface area (TPSA) is 72.5 Å². The lowest BCUT2D eigenvalue weighted by Gasteiger charge is -2.16. The van der Waals surface area contributed by atoms with E-state index >= 15 is 0 Å². The highest BCUT2D eigenvalue weighted by Crippen LogP contribution is 2.32. The van der Waals surface area contributed by atoms with Crippen molar-refractivity contribution in [1.29, 1.82) is 0 Å². The van der Waals surface area contributed by atoms with Gasteiger partial charge in [0.1, 0.15) is 4.88 Å². The van der Waals surface area contributed by atoms with Crippen LogP contribution in [0.15, 0.2) is 30.3 Å². The Bertz CT molecular complexity index is 838. The molecule has 6 heteroatoms. The van der Waals surface area contributed by atoms with Gasteiger partial charge in [0, 0.05) is 23.1 Å². The second-order valence-corrected chi connectivity index (χ2v) is 7.80. The maximum atomic E-state index is 12.2. The van der Waals surface area contributed by atoms with E-state index in [0.29, 0.717) is 22.0 Å². The lowest BCUT2D eigenvalue weighted by atomic mass is 9.90. The normalized spacial score (nSPS) is 15.8. The van der Waals surface area contributed by atoms with Crippen LogP contribution in [0.5, 0.6) is 0 Å². The average molecular weight is 371 g/mol. The summed E-state index contributed by atoms with van der Waals surface area (Å²) in [6, 6.07) is 8.40. The number of nitrogens with one attached hydrogen (secondary N) is 1. The summed E-state index contributed by atoms with van der Waals surface area (Å²) in [6.45, 7) is 3.34.